The summed E-state index contributed by atoms with van der Waals surface area (Å²) in [6.07, 6.45) is 4.27. The first-order valence-corrected chi connectivity index (χ1v) is 9.12. The molecule has 0 aromatic carbocycles. The van der Waals surface area contributed by atoms with Crippen LogP contribution in [0.4, 0.5) is 0 Å². The Kier molecular flexibility index (Phi) is 4.34. The second kappa shape index (κ2) is 5.97. The summed E-state index contributed by atoms with van der Waals surface area (Å²) in [5, 5.41) is 10.8. The highest BCUT2D eigenvalue weighted by atomic mass is 16.7. The highest BCUT2D eigenvalue weighted by Gasteiger charge is 2.59. The molecule has 25 heavy (non-hydrogen) atoms. The van der Waals surface area contributed by atoms with Crippen LogP contribution in [0.5, 0.6) is 0 Å². The first-order valence-electron chi connectivity index (χ1n) is 9.12. The molecule has 0 spiro atoms. The van der Waals surface area contributed by atoms with E-state index in [-0.39, 0.29) is 29.3 Å². The van der Waals surface area contributed by atoms with Crippen LogP contribution in [-0.2, 0) is 19.1 Å². The van der Waals surface area contributed by atoms with Crippen molar-refractivity contribution < 1.29 is 24.2 Å². The SMILES string of the molecule is C/C=C(/C)C(=O)O[C@H]1CC[C@@H]2C[C@]3(O)OC(=O)C(C)=C3C[C@]2(C)[C@H]1C. The number of carbonyl (C=O) groups is 2. The van der Waals surface area contributed by atoms with Gasteiger partial charge in [-0.15, -0.1) is 0 Å². The van der Waals surface area contributed by atoms with Crippen LogP contribution < -0.4 is 0 Å². The smallest absolute Gasteiger partial charge is 0.336 e. The fourth-order valence-corrected chi connectivity index (χ4v) is 4.75. The molecular formula is C20H28O5. The van der Waals surface area contributed by atoms with Crippen LogP contribution in [0.2, 0.25) is 0 Å². The Morgan fingerprint density at radius 2 is 2.08 bits per heavy atom. The van der Waals surface area contributed by atoms with Crippen molar-refractivity contribution in [2.24, 2.45) is 17.3 Å². The molecule has 0 radical (unpaired) electrons. The Labute approximate surface area is 149 Å². The Bertz CT molecular complexity index is 676. The van der Waals surface area contributed by atoms with Crippen LogP contribution in [-0.4, -0.2) is 28.9 Å². The fraction of sp³-hybridized carbons (Fsp3) is 0.700. The largest absolute Gasteiger partial charge is 0.459 e. The molecule has 0 bridgehead atoms. The van der Waals surface area contributed by atoms with Crippen molar-refractivity contribution in [3.63, 3.8) is 0 Å². The van der Waals surface area contributed by atoms with Crippen molar-refractivity contribution in [3.05, 3.63) is 22.8 Å². The summed E-state index contributed by atoms with van der Waals surface area (Å²) in [6, 6.07) is 0. The molecule has 5 nitrogen and oxygen atoms in total. The Morgan fingerprint density at radius 1 is 1.40 bits per heavy atom. The third-order valence-electron chi connectivity index (χ3n) is 6.92. The Balaban J connectivity index is 1.85. The van der Waals surface area contributed by atoms with E-state index in [1.807, 2.05) is 6.92 Å². The van der Waals surface area contributed by atoms with E-state index in [9.17, 15) is 14.7 Å². The normalized spacial score (nSPS) is 41.1. The lowest BCUT2D eigenvalue weighted by Gasteiger charge is -2.54. The molecule has 1 N–H and O–H groups in total. The summed E-state index contributed by atoms with van der Waals surface area (Å²) in [5.74, 6) is -1.74. The minimum absolute atomic E-state index is 0.135. The van der Waals surface area contributed by atoms with Gasteiger partial charge in [0.15, 0.2) is 0 Å². The summed E-state index contributed by atoms with van der Waals surface area (Å²) >= 11 is 0. The predicted octanol–water partition coefficient (Wildman–Crippen LogP) is 3.27. The van der Waals surface area contributed by atoms with Gasteiger partial charge in [-0.2, -0.15) is 0 Å². The molecular weight excluding hydrogens is 320 g/mol. The second-order valence-electron chi connectivity index (χ2n) is 8.14. The van der Waals surface area contributed by atoms with Gasteiger partial charge < -0.3 is 14.6 Å². The summed E-state index contributed by atoms with van der Waals surface area (Å²) in [5.41, 5.74) is 1.72. The van der Waals surface area contributed by atoms with Crippen LogP contribution in [0.25, 0.3) is 0 Å². The molecule has 138 valence electrons. The quantitative estimate of drug-likeness (QED) is 0.612. The van der Waals surface area contributed by atoms with E-state index in [2.05, 4.69) is 13.8 Å². The van der Waals surface area contributed by atoms with E-state index in [1.54, 1.807) is 19.9 Å². The van der Waals surface area contributed by atoms with E-state index in [1.165, 1.54) is 0 Å². The monoisotopic (exact) mass is 348 g/mol. The molecule has 1 aliphatic heterocycles. The molecule has 0 amide bonds. The number of hydrogen-bond donors (Lipinski definition) is 1. The molecule has 0 aromatic rings. The molecule has 1 heterocycles. The second-order valence-corrected chi connectivity index (χ2v) is 8.14. The van der Waals surface area contributed by atoms with Gasteiger partial charge in [-0.1, -0.05) is 19.9 Å². The highest BCUT2D eigenvalue weighted by Crippen LogP contribution is 2.59. The predicted molar refractivity (Wildman–Crippen MR) is 92.3 cm³/mol. The van der Waals surface area contributed by atoms with Gasteiger partial charge in [0, 0.05) is 23.1 Å². The van der Waals surface area contributed by atoms with Crippen LogP contribution in [0, 0.1) is 17.3 Å². The van der Waals surface area contributed by atoms with Gasteiger partial charge in [-0.05, 0) is 57.3 Å². The van der Waals surface area contributed by atoms with Gasteiger partial charge in [0.25, 0.3) is 0 Å². The van der Waals surface area contributed by atoms with Gasteiger partial charge in [-0.3, -0.25) is 0 Å². The maximum Gasteiger partial charge on any atom is 0.336 e. The zero-order chi connectivity index (χ0) is 18.6. The minimum Gasteiger partial charge on any atom is -0.459 e. The third kappa shape index (κ3) is 2.73. The first-order chi connectivity index (χ1) is 11.6. The lowest BCUT2D eigenvalue weighted by molar-refractivity contribution is -0.211. The molecule has 0 saturated heterocycles. The van der Waals surface area contributed by atoms with Gasteiger partial charge in [0.2, 0.25) is 5.79 Å². The standard InChI is InChI=1S/C20H28O5/c1-6-11(2)17(21)24-16-8-7-14-9-20(23)15(12(3)18(22)25-20)10-19(14,5)13(16)4/h6,13-14,16,23H,7-10H2,1-5H3/b11-6-/t13-,14+,16-,19+,20-/m0/s1. The van der Waals surface area contributed by atoms with Crippen molar-refractivity contribution in [2.75, 3.05) is 0 Å². The first kappa shape index (κ1) is 18.2. The van der Waals surface area contributed by atoms with E-state index in [4.69, 9.17) is 9.47 Å². The lowest BCUT2D eigenvalue weighted by atomic mass is 9.53. The van der Waals surface area contributed by atoms with E-state index < -0.39 is 11.8 Å². The average molecular weight is 348 g/mol. The molecule has 2 fully saturated rings. The molecule has 3 rings (SSSR count). The maximum atomic E-state index is 12.2. The molecule has 2 aliphatic carbocycles. The third-order valence-corrected chi connectivity index (χ3v) is 6.92. The Morgan fingerprint density at radius 3 is 2.72 bits per heavy atom. The topological polar surface area (TPSA) is 72.8 Å². The number of allylic oxidation sites excluding steroid dienone is 1. The zero-order valence-corrected chi connectivity index (χ0v) is 15.7. The van der Waals surface area contributed by atoms with Gasteiger partial charge >= 0.3 is 11.9 Å². The average Bonchev–Trinajstić information content (AvgIpc) is 2.78. The highest BCUT2D eigenvalue weighted by molar-refractivity contribution is 5.92. The van der Waals surface area contributed by atoms with Crippen molar-refractivity contribution >= 4 is 11.9 Å². The molecule has 5 atom stereocenters. The summed E-state index contributed by atoms with van der Waals surface area (Å²) < 4.78 is 11.1. The lowest BCUT2D eigenvalue weighted by Crippen LogP contribution is -2.54. The van der Waals surface area contributed by atoms with Crippen molar-refractivity contribution in [2.45, 2.75) is 72.2 Å². The van der Waals surface area contributed by atoms with Gasteiger partial charge in [0.05, 0.1) is 0 Å². The number of aliphatic hydroxyl groups is 1. The van der Waals surface area contributed by atoms with Gasteiger partial charge in [-0.25, -0.2) is 9.59 Å². The fourth-order valence-electron chi connectivity index (χ4n) is 4.75. The number of carbonyl (C=O) groups excluding carboxylic acids is 2. The van der Waals surface area contributed by atoms with Gasteiger partial charge in [0.1, 0.15) is 6.10 Å². The zero-order valence-electron chi connectivity index (χ0n) is 15.7. The minimum atomic E-state index is -1.43. The van der Waals surface area contributed by atoms with Crippen LogP contribution in [0.3, 0.4) is 0 Å². The van der Waals surface area contributed by atoms with E-state index >= 15 is 0 Å². The molecule has 2 saturated carbocycles. The molecule has 5 heteroatoms. The summed E-state index contributed by atoms with van der Waals surface area (Å²) in [6.45, 7) is 9.61. The molecule has 0 unspecified atom stereocenters. The summed E-state index contributed by atoms with van der Waals surface area (Å²) in [4.78, 5) is 24.1. The number of fused-ring (bicyclic) bond motifs is 2. The van der Waals surface area contributed by atoms with Crippen LogP contribution >= 0.6 is 0 Å². The van der Waals surface area contributed by atoms with E-state index in [0.717, 1.165) is 12.8 Å². The number of rotatable bonds is 2. The molecule has 3 aliphatic rings. The molecule has 0 aromatic heterocycles. The number of esters is 2. The van der Waals surface area contributed by atoms with Crippen LogP contribution in [0.1, 0.15) is 60.3 Å². The van der Waals surface area contributed by atoms with E-state index in [0.29, 0.717) is 29.6 Å². The van der Waals surface area contributed by atoms with Crippen molar-refractivity contribution in [3.8, 4) is 0 Å². The van der Waals surface area contributed by atoms with Crippen molar-refractivity contribution in [1.29, 1.82) is 0 Å². The number of ether oxygens (including phenoxy) is 2. The van der Waals surface area contributed by atoms with Crippen molar-refractivity contribution in [1.82, 2.24) is 0 Å². The number of hydrogen-bond acceptors (Lipinski definition) is 5. The maximum absolute atomic E-state index is 12.2. The summed E-state index contributed by atoms with van der Waals surface area (Å²) in [7, 11) is 0. The Hall–Kier alpha value is -1.62. The van der Waals surface area contributed by atoms with Crippen LogP contribution in [0.15, 0.2) is 22.8 Å².